The summed E-state index contributed by atoms with van der Waals surface area (Å²) in [6, 6.07) is -1.48. The molecule has 21 heavy (non-hydrogen) atoms. The lowest BCUT2D eigenvalue weighted by atomic mass is 10.2. The Hall–Kier alpha value is -0.990. The Kier molecular flexibility index (Phi) is 10.2. The lowest BCUT2D eigenvalue weighted by Crippen LogP contribution is -2.42. The Morgan fingerprint density at radius 2 is 1.67 bits per heavy atom. The first kappa shape index (κ1) is 20.0. The summed E-state index contributed by atoms with van der Waals surface area (Å²) < 4.78 is 7.86. The van der Waals surface area contributed by atoms with Gasteiger partial charge in [0.15, 0.2) is 3.79 Å². The smallest absolute Gasteiger partial charge is 0.369 e. The summed E-state index contributed by atoms with van der Waals surface area (Å²) in [6.07, 6.45) is -0.833. The lowest BCUT2D eigenvalue weighted by Gasteiger charge is -2.13. The molecule has 0 aliphatic carbocycles. The third kappa shape index (κ3) is 11.4. The maximum Gasteiger partial charge on any atom is 0.369 e. The molecule has 0 spiro atoms. The molecule has 118 valence electrons. The van der Waals surface area contributed by atoms with Crippen LogP contribution in [-0.4, -0.2) is 43.6 Å². The Morgan fingerprint density at radius 3 is 2.14 bits per heavy atom. The monoisotopic (exact) mass is 527 g/mol. The Morgan fingerprint density at radius 1 is 1.05 bits per heavy atom. The number of halogens is 2. The minimum Gasteiger partial charge on any atom is -0.480 e. The van der Waals surface area contributed by atoms with E-state index in [0.29, 0.717) is 0 Å². The molecule has 0 saturated carbocycles. The Balaban J connectivity index is 4.26. The molecular formula is C10H11I2NO8. The molecule has 0 aliphatic rings. The van der Waals surface area contributed by atoms with E-state index in [2.05, 4.69) is 14.8 Å². The number of carbonyl (C=O) groups excluding carboxylic acids is 4. The van der Waals surface area contributed by atoms with Gasteiger partial charge >= 0.3 is 15.9 Å². The van der Waals surface area contributed by atoms with Crippen molar-refractivity contribution in [3.05, 3.63) is 0 Å². The largest absolute Gasteiger partial charge is 0.480 e. The fraction of sp³-hybridized carbons (Fsp3) is 0.500. The van der Waals surface area contributed by atoms with Crippen LogP contribution in [0.2, 0.25) is 0 Å². The number of carboxylic acids is 1. The number of carboxylic acid groups (broad SMARTS) is 1. The van der Waals surface area contributed by atoms with Crippen LogP contribution in [0.3, 0.4) is 0 Å². The molecule has 9 nitrogen and oxygen atoms in total. The number of aliphatic carboxylic acids is 1. The van der Waals surface area contributed by atoms with Crippen molar-refractivity contribution < 1.29 is 38.6 Å². The van der Waals surface area contributed by atoms with Gasteiger partial charge in [0.1, 0.15) is 6.04 Å². The topological polar surface area (TPSA) is 136 Å². The van der Waals surface area contributed by atoms with Crippen LogP contribution >= 0.6 is 45.2 Å². The molecule has 0 aromatic rings. The number of hydrogen-bond acceptors (Lipinski definition) is 7. The molecule has 0 aliphatic heterocycles. The van der Waals surface area contributed by atoms with E-state index >= 15 is 0 Å². The maximum atomic E-state index is 11.4. The minimum absolute atomic E-state index is 0.0329. The first-order chi connectivity index (χ1) is 9.72. The van der Waals surface area contributed by atoms with Crippen molar-refractivity contribution >= 4 is 70.8 Å². The van der Waals surface area contributed by atoms with Crippen molar-refractivity contribution in [3.8, 4) is 0 Å². The molecule has 11 heteroatoms. The fourth-order valence-corrected chi connectivity index (χ4v) is 1.44. The van der Waals surface area contributed by atoms with Crippen molar-refractivity contribution in [1.82, 2.24) is 5.32 Å². The van der Waals surface area contributed by atoms with Gasteiger partial charge in [-0.15, -0.1) is 0 Å². The molecule has 0 aromatic heterocycles. The molecule has 2 N–H and O–H groups in total. The minimum atomic E-state index is -1.48. The number of carbonyl (C=O) groups is 5. The standard InChI is InChI=1S/C10H11I2NO8/c11-6(14)1-2-7(15)13-5(9(17)18)3-8(16)20-4-21-10(12)19/h5H,1-4H2,(H,13,15)(H,17,18). The van der Waals surface area contributed by atoms with Crippen LogP contribution in [0.25, 0.3) is 0 Å². The molecule has 0 heterocycles. The highest BCUT2D eigenvalue weighted by atomic mass is 127. The van der Waals surface area contributed by atoms with E-state index in [1.54, 1.807) is 0 Å². The van der Waals surface area contributed by atoms with Gasteiger partial charge in [-0.05, 0) is 22.6 Å². The van der Waals surface area contributed by atoms with Crippen molar-refractivity contribution in [2.45, 2.75) is 25.3 Å². The second-order valence-corrected chi connectivity index (χ2v) is 5.62. The van der Waals surface area contributed by atoms with Gasteiger partial charge < -0.3 is 19.9 Å². The first-order valence-corrected chi connectivity index (χ1v) is 7.56. The summed E-state index contributed by atoms with van der Waals surface area (Å²) in [5.74, 6) is -3.05. The van der Waals surface area contributed by atoms with Crippen LogP contribution in [0.15, 0.2) is 0 Å². The quantitative estimate of drug-likeness (QED) is 0.194. The summed E-state index contributed by atoms with van der Waals surface area (Å²) >= 11 is 2.84. The van der Waals surface area contributed by atoms with Crippen LogP contribution in [0.5, 0.6) is 0 Å². The predicted octanol–water partition coefficient (Wildman–Crippen LogP) is 0.760. The van der Waals surface area contributed by atoms with Gasteiger partial charge in [0.2, 0.25) is 12.7 Å². The molecule has 1 amide bonds. The molecule has 0 aromatic carbocycles. The highest BCUT2D eigenvalue weighted by molar-refractivity contribution is 14.1. The van der Waals surface area contributed by atoms with Crippen LogP contribution in [0, 0.1) is 0 Å². The third-order valence-corrected chi connectivity index (χ3v) is 2.80. The Bertz CT molecular complexity index is 439. The van der Waals surface area contributed by atoms with Crippen molar-refractivity contribution in [2.75, 3.05) is 6.79 Å². The zero-order valence-electron chi connectivity index (χ0n) is 10.5. The highest BCUT2D eigenvalue weighted by Crippen LogP contribution is 2.01. The number of nitrogens with one attached hydrogen (secondary N) is 1. The maximum absolute atomic E-state index is 11.4. The van der Waals surface area contributed by atoms with Crippen LogP contribution in [0.1, 0.15) is 19.3 Å². The zero-order valence-corrected chi connectivity index (χ0v) is 14.8. The molecule has 1 atom stereocenters. The fourth-order valence-electron chi connectivity index (χ4n) is 1.05. The zero-order chi connectivity index (χ0) is 16.4. The van der Waals surface area contributed by atoms with Gasteiger partial charge in [0.05, 0.1) is 29.0 Å². The van der Waals surface area contributed by atoms with Gasteiger partial charge in [-0.25, -0.2) is 9.59 Å². The normalized spacial score (nSPS) is 11.1. The average Bonchev–Trinajstić information content (AvgIpc) is 2.34. The molecule has 1 unspecified atom stereocenters. The van der Waals surface area contributed by atoms with Gasteiger partial charge in [-0.3, -0.25) is 14.4 Å². The molecule has 0 saturated heterocycles. The number of rotatable bonds is 9. The Labute approximate surface area is 146 Å². The second kappa shape index (κ2) is 10.7. The molecule has 0 fully saturated rings. The van der Waals surface area contributed by atoms with Crippen molar-refractivity contribution in [1.29, 1.82) is 0 Å². The molecule has 0 bridgehead atoms. The number of hydrogen-bond donors (Lipinski definition) is 2. The van der Waals surface area contributed by atoms with E-state index in [0.717, 1.165) is 0 Å². The predicted molar refractivity (Wildman–Crippen MR) is 83.9 cm³/mol. The highest BCUT2D eigenvalue weighted by Gasteiger charge is 2.24. The average molecular weight is 527 g/mol. The van der Waals surface area contributed by atoms with Crippen molar-refractivity contribution in [3.63, 3.8) is 0 Å². The third-order valence-electron chi connectivity index (χ3n) is 1.95. The lowest BCUT2D eigenvalue weighted by molar-refractivity contribution is -0.155. The van der Waals surface area contributed by atoms with E-state index in [4.69, 9.17) is 5.11 Å². The number of amides is 1. The van der Waals surface area contributed by atoms with E-state index in [-0.39, 0.29) is 16.6 Å². The summed E-state index contributed by atoms with van der Waals surface area (Å²) in [4.78, 5) is 54.7. The van der Waals surface area contributed by atoms with Crippen LogP contribution < -0.4 is 5.32 Å². The summed E-state index contributed by atoms with van der Waals surface area (Å²) in [7, 11) is 0. The van der Waals surface area contributed by atoms with Gasteiger partial charge in [-0.2, -0.15) is 0 Å². The van der Waals surface area contributed by atoms with Gasteiger partial charge in [0.25, 0.3) is 0 Å². The van der Waals surface area contributed by atoms with E-state index in [1.165, 1.54) is 45.2 Å². The first-order valence-electron chi connectivity index (χ1n) is 5.40. The summed E-state index contributed by atoms with van der Waals surface area (Å²) in [5.41, 5.74) is 0. The van der Waals surface area contributed by atoms with Crippen LogP contribution in [-0.2, 0) is 28.7 Å². The summed E-state index contributed by atoms with van der Waals surface area (Å²) in [6.45, 7) is -0.635. The molecular weight excluding hydrogens is 516 g/mol. The SMILES string of the molecule is O=C(I)CCC(=O)NC(CC(=O)OCOC(=O)I)C(=O)O. The van der Waals surface area contributed by atoms with E-state index < -0.39 is 41.1 Å². The van der Waals surface area contributed by atoms with Crippen molar-refractivity contribution in [2.24, 2.45) is 0 Å². The van der Waals surface area contributed by atoms with Crippen LogP contribution in [0.4, 0.5) is 4.79 Å². The number of ether oxygens (including phenoxy) is 2. The van der Waals surface area contributed by atoms with E-state index in [1.807, 2.05) is 0 Å². The summed E-state index contributed by atoms with van der Waals surface area (Å²) in [5, 5.41) is 11.0. The number of esters is 1. The van der Waals surface area contributed by atoms with Gasteiger partial charge in [-0.1, -0.05) is 0 Å². The molecule has 0 radical (unpaired) electrons. The molecule has 0 rings (SSSR count). The van der Waals surface area contributed by atoms with Gasteiger partial charge in [0, 0.05) is 12.8 Å². The van der Waals surface area contributed by atoms with E-state index in [9.17, 15) is 24.0 Å². The second-order valence-electron chi connectivity index (χ2n) is 3.53.